The van der Waals surface area contributed by atoms with Crippen LogP contribution in [-0.4, -0.2) is 11.8 Å². The lowest BCUT2D eigenvalue weighted by molar-refractivity contribution is 0.557. The highest BCUT2D eigenvalue weighted by atomic mass is 79.9. The lowest BCUT2D eigenvalue weighted by atomic mass is 9.80. The average molecular weight is 515 g/mol. The molecule has 0 radical (unpaired) electrons. The monoisotopic (exact) mass is 513 g/mol. The third kappa shape index (κ3) is 4.10. The zero-order valence-corrected chi connectivity index (χ0v) is 19.6. The molecule has 1 nitrogen and oxygen atoms in total. The van der Waals surface area contributed by atoms with E-state index in [1.165, 1.54) is 23.3 Å². The van der Waals surface area contributed by atoms with Crippen LogP contribution in [0.3, 0.4) is 0 Å². The number of benzene rings is 2. The van der Waals surface area contributed by atoms with Gasteiger partial charge in [-0.2, -0.15) is 0 Å². The van der Waals surface area contributed by atoms with E-state index >= 15 is 0 Å². The smallest absolute Gasteiger partial charge is 0.123 e. The molecule has 0 saturated heterocycles. The zero-order chi connectivity index (χ0) is 20.5. The summed E-state index contributed by atoms with van der Waals surface area (Å²) in [6.45, 7) is 4.40. The first-order valence-electron chi connectivity index (χ1n) is 9.85. The molecule has 1 aliphatic carbocycles. The first kappa shape index (κ1) is 20.5. The second-order valence-corrected chi connectivity index (χ2v) is 10.5. The number of fused-ring (bicyclic) bond motifs is 3. The van der Waals surface area contributed by atoms with Gasteiger partial charge in [-0.25, -0.2) is 4.39 Å². The molecule has 2 aromatic carbocycles. The number of aliphatic imine (C=N–C) groups is 1. The molecule has 4 rings (SSSR count). The van der Waals surface area contributed by atoms with E-state index in [-0.39, 0.29) is 11.9 Å². The molecule has 0 spiro atoms. The van der Waals surface area contributed by atoms with Gasteiger partial charge in [-0.15, -0.1) is 0 Å². The molecule has 0 amide bonds. The van der Waals surface area contributed by atoms with Crippen molar-refractivity contribution in [2.45, 2.75) is 32.7 Å². The van der Waals surface area contributed by atoms with Crippen LogP contribution in [0.2, 0.25) is 0 Å². The third-order valence-corrected chi connectivity index (χ3v) is 5.92. The molecule has 1 unspecified atom stereocenters. The number of halogens is 3. The number of allylic oxidation sites excluding steroid dienone is 3. The predicted molar refractivity (Wildman–Crippen MR) is 127 cm³/mol. The van der Waals surface area contributed by atoms with E-state index < -0.39 is 0 Å². The molecule has 2 aromatic rings. The topological polar surface area (TPSA) is 12.4 Å². The summed E-state index contributed by atoms with van der Waals surface area (Å²) in [5.41, 5.74) is 8.04. The van der Waals surface area contributed by atoms with E-state index in [9.17, 15) is 4.39 Å². The number of aryl methyl sites for hydroxylation is 1. The van der Waals surface area contributed by atoms with Gasteiger partial charge >= 0.3 is 0 Å². The maximum Gasteiger partial charge on any atom is 0.123 e. The van der Waals surface area contributed by atoms with Gasteiger partial charge in [-0.05, 0) is 91.1 Å². The number of rotatable bonds is 3. The van der Waals surface area contributed by atoms with Gasteiger partial charge in [0.1, 0.15) is 5.82 Å². The SMILES string of the molecule is CC(C)C1N=C2C(=CCCc3ccccc32)C(c2ccc(F)cc2)=C1C=C(Br)Br. The highest BCUT2D eigenvalue weighted by Crippen LogP contribution is 2.41. The summed E-state index contributed by atoms with van der Waals surface area (Å²) in [6.07, 6.45) is 6.34. The summed E-state index contributed by atoms with van der Waals surface area (Å²) in [4.78, 5) is 5.26. The van der Waals surface area contributed by atoms with Gasteiger partial charge in [-0.1, -0.05) is 56.3 Å². The number of dihydropyridines is 1. The maximum absolute atomic E-state index is 13.7. The Hall–Kier alpha value is -1.78. The Balaban J connectivity index is 2.02. The Morgan fingerprint density at radius 3 is 2.52 bits per heavy atom. The second-order valence-electron chi connectivity index (χ2n) is 7.75. The molecular formula is C25H22Br2FN. The number of hydrogen-bond donors (Lipinski definition) is 0. The molecular weight excluding hydrogens is 493 g/mol. The number of nitrogens with zero attached hydrogens (tertiary/aromatic N) is 1. The van der Waals surface area contributed by atoms with Crippen molar-refractivity contribution in [3.8, 4) is 0 Å². The minimum absolute atomic E-state index is 0.0125. The van der Waals surface area contributed by atoms with Crippen molar-refractivity contribution in [1.82, 2.24) is 0 Å². The van der Waals surface area contributed by atoms with Crippen LogP contribution < -0.4 is 0 Å². The summed E-state index contributed by atoms with van der Waals surface area (Å²) in [6, 6.07) is 15.4. The largest absolute Gasteiger partial charge is 0.276 e. The predicted octanol–water partition coefficient (Wildman–Crippen LogP) is 7.61. The van der Waals surface area contributed by atoms with Gasteiger partial charge in [-0.3, -0.25) is 4.99 Å². The summed E-state index contributed by atoms with van der Waals surface area (Å²) >= 11 is 7.09. The lowest BCUT2D eigenvalue weighted by Crippen LogP contribution is -2.26. The van der Waals surface area contributed by atoms with E-state index in [1.54, 1.807) is 0 Å². The summed E-state index contributed by atoms with van der Waals surface area (Å²) in [5.74, 6) is 0.0962. The minimum atomic E-state index is -0.224. The molecule has 0 aromatic heterocycles. The molecule has 0 saturated carbocycles. The van der Waals surface area contributed by atoms with E-state index in [2.05, 4.69) is 82.1 Å². The van der Waals surface area contributed by atoms with Crippen LogP contribution in [0.5, 0.6) is 0 Å². The number of hydrogen-bond acceptors (Lipinski definition) is 1. The molecule has 0 fully saturated rings. The summed E-state index contributed by atoms with van der Waals surface area (Å²) in [5, 5.41) is 0. The van der Waals surface area contributed by atoms with Gasteiger partial charge in [0.2, 0.25) is 0 Å². The van der Waals surface area contributed by atoms with Crippen LogP contribution in [0.1, 0.15) is 37.0 Å². The first-order chi connectivity index (χ1) is 14.0. The fourth-order valence-electron chi connectivity index (χ4n) is 4.18. The third-order valence-electron chi connectivity index (χ3n) is 5.46. The van der Waals surface area contributed by atoms with E-state index in [0.717, 1.165) is 44.2 Å². The van der Waals surface area contributed by atoms with Crippen molar-refractivity contribution < 1.29 is 4.39 Å². The quantitative estimate of drug-likeness (QED) is 0.399. The van der Waals surface area contributed by atoms with E-state index in [4.69, 9.17) is 4.99 Å². The van der Waals surface area contributed by atoms with Gasteiger partial charge in [0.25, 0.3) is 0 Å². The average Bonchev–Trinajstić information content (AvgIpc) is 2.87. The Morgan fingerprint density at radius 1 is 1.10 bits per heavy atom. The second kappa shape index (κ2) is 8.53. The van der Waals surface area contributed by atoms with Crippen molar-refractivity contribution in [2.75, 3.05) is 0 Å². The highest BCUT2D eigenvalue weighted by molar-refractivity contribution is 9.28. The van der Waals surface area contributed by atoms with Crippen molar-refractivity contribution in [1.29, 1.82) is 0 Å². The molecule has 29 heavy (non-hydrogen) atoms. The van der Waals surface area contributed by atoms with Crippen molar-refractivity contribution in [3.05, 3.63) is 97.7 Å². The molecule has 1 atom stereocenters. The molecule has 0 N–H and O–H groups in total. The Morgan fingerprint density at radius 2 is 1.83 bits per heavy atom. The van der Waals surface area contributed by atoms with Crippen molar-refractivity contribution in [3.63, 3.8) is 0 Å². The van der Waals surface area contributed by atoms with Crippen LogP contribution in [0, 0.1) is 11.7 Å². The van der Waals surface area contributed by atoms with Crippen LogP contribution >= 0.6 is 31.9 Å². The van der Waals surface area contributed by atoms with Crippen LogP contribution in [0.4, 0.5) is 4.39 Å². The molecule has 1 aliphatic heterocycles. The van der Waals surface area contributed by atoms with Crippen molar-refractivity contribution in [2.24, 2.45) is 10.9 Å². The van der Waals surface area contributed by atoms with E-state index in [1.807, 2.05) is 12.1 Å². The molecule has 1 heterocycles. The maximum atomic E-state index is 13.7. The van der Waals surface area contributed by atoms with Crippen LogP contribution in [0.25, 0.3) is 5.57 Å². The van der Waals surface area contributed by atoms with E-state index in [0.29, 0.717) is 5.92 Å². The van der Waals surface area contributed by atoms with Crippen molar-refractivity contribution >= 4 is 43.1 Å². The normalized spacial score (nSPS) is 18.5. The minimum Gasteiger partial charge on any atom is -0.276 e. The molecule has 0 bridgehead atoms. The first-order valence-corrected chi connectivity index (χ1v) is 11.4. The van der Waals surface area contributed by atoms with Crippen LogP contribution in [0.15, 0.2) is 80.2 Å². The Bertz CT molecular complexity index is 1050. The van der Waals surface area contributed by atoms with Gasteiger partial charge in [0.05, 0.1) is 15.1 Å². The van der Waals surface area contributed by atoms with Gasteiger partial charge < -0.3 is 0 Å². The molecule has 4 heteroatoms. The molecule has 2 aliphatic rings. The zero-order valence-electron chi connectivity index (χ0n) is 16.4. The highest BCUT2D eigenvalue weighted by Gasteiger charge is 2.32. The summed E-state index contributed by atoms with van der Waals surface area (Å²) in [7, 11) is 0. The molecule has 148 valence electrons. The van der Waals surface area contributed by atoms with Crippen LogP contribution in [-0.2, 0) is 6.42 Å². The van der Waals surface area contributed by atoms with Gasteiger partial charge in [0, 0.05) is 11.1 Å². The Labute approximate surface area is 188 Å². The van der Waals surface area contributed by atoms with Gasteiger partial charge in [0.15, 0.2) is 0 Å². The Kier molecular flexibility index (Phi) is 6.03. The lowest BCUT2D eigenvalue weighted by Gasteiger charge is -2.31. The fourth-order valence-corrected chi connectivity index (χ4v) is 4.67. The summed E-state index contributed by atoms with van der Waals surface area (Å²) < 4.78 is 14.6. The fraction of sp³-hybridized carbons (Fsp3) is 0.240. The standard InChI is InChI=1S/C25H22Br2FN/c1-15(2)24-21(14-22(26)27)23(17-10-12-18(28)13-11-17)20-9-5-7-16-6-3-4-8-19(16)25(20)29-24/h3-4,6,8-15,24H,5,7H2,1-2H3.